The molecular weight excluding hydrogens is 452 g/mol. The summed E-state index contributed by atoms with van der Waals surface area (Å²) in [7, 11) is -2.34. The minimum absolute atomic E-state index is 0.155. The number of nitrogens with zero attached hydrogens (tertiary/aromatic N) is 2. The molecule has 3 rings (SSSR count). The zero-order valence-electron chi connectivity index (χ0n) is 19.6. The summed E-state index contributed by atoms with van der Waals surface area (Å²) in [5.74, 6) is 0.0839. The van der Waals surface area contributed by atoms with Crippen LogP contribution in [0.1, 0.15) is 31.9 Å². The number of esters is 1. The fourth-order valence-corrected chi connectivity index (χ4v) is 5.20. The van der Waals surface area contributed by atoms with Crippen molar-refractivity contribution < 1.29 is 22.7 Å². The van der Waals surface area contributed by atoms with Gasteiger partial charge in [-0.3, -0.25) is 9.29 Å². The molecule has 0 fully saturated rings. The van der Waals surface area contributed by atoms with E-state index < -0.39 is 16.0 Å². The first-order valence-electron chi connectivity index (χ1n) is 10.9. The van der Waals surface area contributed by atoms with E-state index in [4.69, 9.17) is 9.47 Å². The fraction of sp³-hybridized carbons (Fsp3) is 0.231. The van der Waals surface area contributed by atoms with Crippen LogP contribution in [0.5, 0.6) is 5.75 Å². The molecule has 0 aliphatic rings. The Hall–Kier alpha value is -3.65. The molecule has 1 aromatic heterocycles. The molecule has 34 heavy (non-hydrogen) atoms. The molecule has 3 aromatic rings. The summed E-state index contributed by atoms with van der Waals surface area (Å²) in [5, 5.41) is 0. The lowest BCUT2D eigenvalue weighted by molar-refractivity contribution is -0.137. The van der Waals surface area contributed by atoms with Gasteiger partial charge in [-0.1, -0.05) is 18.2 Å². The summed E-state index contributed by atoms with van der Waals surface area (Å²) in [6, 6.07) is 16.6. The predicted octanol–water partition coefficient (Wildman–Crippen LogP) is 4.69. The number of aromatic nitrogens is 1. The number of hydrogen-bond acceptors (Lipinski definition) is 6. The molecule has 2 aromatic carbocycles. The van der Waals surface area contributed by atoms with E-state index in [1.54, 1.807) is 55.7 Å². The maximum atomic E-state index is 13.6. The second kappa shape index (κ2) is 11.0. The van der Waals surface area contributed by atoms with Crippen LogP contribution in [0.15, 0.2) is 84.0 Å². The highest BCUT2D eigenvalue weighted by Crippen LogP contribution is 2.31. The molecular formula is C26H28N2O5S. The van der Waals surface area contributed by atoms with Gasteiger partial charge in [-0.25, -0.2) is 13.2 Å². The number of carbonyl (C=O) groups excluding carboxylic acids is 1. The standard InChI is InChI=1S/C26H28N2O5S/c1-5-33-26(29)17-25(21-9-7-15-27-18-21)20-8-6-10-22(16-20)28(19(2)3)34(30,31)24-13-11-23(32-4)12-14-24/h6-19H,5H2,1-4H3/b25-17+. The smallest absolute Gasteiger partial charge is 0.331 e. The molecule has 1 heterocycles. The Balaban J connectivity index is 2.10. The number of rotatable bonds is 9. The van der Waals surface area contributed by atoms with E-state index in [-0.39, 0.29) is 17.5 Å². The highest BCUT2D eigenvalue weighted by molar-refractivity contribution is 7.92. The van der Waals surface area contributed by atoms with Crippen molar-refractivity contribution in [2.24, 2.45) is 0 Å². The fourth-order valence-electron chi connectivity index (χ4n) is 3.54. The van der Waals surface area contributed by atoms with Crippen molar-refractivity contribution in [2.45, 2.75) is 31.7 Å². The van der Waals surface area contributed by atoms with Gasteiger partial charge < -0.3 is 9.47 Å². The van der Waals surface area contributed by atoms with E-state index in [9.17, 15) is 13.2 Å². The van der Waals surface area contributed by atoms with E-state index >= 15 is 0 Å². The van der Waals surface area contributed by atoms with Crippen LogP contribution in [0.2, 0.25) is 0 Å². The summed E-state index contributed by atoms with van der Waals surface area (Å²) >= 11 is 0. The topological polar surface area (TPSA) is 85.8 Å². The van der Waals surface area contributed by atoms with Crippen molar-refractivity contribution in [3.8, 4) is 5.75 Å². The first-order valence-corrected chi connectivity index (χ1v) is 12.3. The lowest BCUT2D eigenvalue weighted by Gasteiger charge is -2.29. The van der Waals surface area contributed by atoms with E-state index in [2.05, 4.69) is 4.98 Å². The third-order valence-electron chi connectivity index (χ3n) is 5.02. The summed E-state index contributed by atoms with van der Waals surface area (Å²) in [5.41, 5.74) is 2.43. The number of pyridine rings is 1. The molecule has 0 saturated heterocycles. The average molecular weight is 481 g/mol. The SMILES string of the molecule is CCOC(=O)/C=C(/c1cccnc1)c1cccc(N(C(C)C)S(=O)(=O)c2ccc(OC)cc2)c1. The van der Waals surface area contributed by atoms with E-state index in [0.29, 0.717) is 28.1 Å². The molecule has 178 valence electrons. The first-order chi connectivity index (χ1) is 16.3. The Morgan fingerprint density at radius 2 is 1.76 bits per heavy atom. The van der Waals surface area contributed by atoms with E-state index in [1.807, 2.05) is 26.0 Å². The molecule has 0 atom stereocenters. The van der Waals surface area contributed by atoms with Gasteiger partial charge in [-0.15, -0.1) is 0 Å². The Kier molecular flexibility index (Phi) is 8.07. The largest absolute Gasteiger partial charge is 0.497 e. The molecule has 0 amide bonds. The lowest BCUT2D eigenvalue weighted by atomic mass is 9.98. The molecule has 0 aliphatic carbocycles. The summed E-state index contributed by atoms with van der Waals surface area (Å²) in [6.07, 6.45) is 4.69. The van der Waals surface area contributed by atoms with Gasteiger partial charge in [0.1, 0.15) is 5.75 Å². The Morgan fingerprint density at radius 1 is 1.06 bits per heavy atom. The van der Waals surface area contributed by atoms with Crippen molar-refractivity contribution in [2.75, 3.05) is 18.0 Å². The van der Waals surface area contributed by atoms with Gasteiger partial charge in [0.25, 0.3) is 10.0 Å². The Labute approximate surface area is 200 Å². The molecule has 0 saturated carbocycles. The van der Waals surface area contributed by atoms with Crippen LogP contribution in [-0.4, -0.2) is 39.1 Å². The maximum absolute atomic E-state index is 13.6. The zero-order valence-corrected chi connectivity index (χ0v) is 20.5. The van der Waals surface area contributed by atoms with Gasteiger partial charge in [0.05, 0.1) is 24.3 Å². The minimum Gasteiger partial charge on any atom is -0.497 e. The number of hydrogen-bond donors (Lipinski definition) is 0. The molecule has 8 heteroatoms. The number of ether oxygens (including phenoxy) is 2. The van der Waals surface area contributed by atoms with Crippen LogP contribution in [0, 0.1) is 0 Å². The molecule has 0 bridgehead atoms. The van der Waals surface area contributed by atoms with Crippen LogP contribution < -0.4 is 9.04 Å². The number of methoxy groups -OCH3 is 1. The molecule has 0 spiro atoms. The second-order valence-corrected chi connectivity index (χ2v) is 9.49. The molecule has 7 nitrogen and oxygen atoms in total. The maximum Gasteiger partial charge on any atom is 0.331 e. The van der Waals surface area contributed by atoms with Crippen molar-refractivity contribution in [1.82, 2.24) is 4.98 Å². The van der Waals surface area contributed by atoms with Crippen LogP contribution >= 0.6 is 0 Å². The third kappa shape index (κ3) is 5.63. The van der Waals surface area contributed by atoms with E-state index in [0.717, 1.165) is 0 Å². The van der Waals surface area contributed by atoms with Gasteiger partial charge >= 0.3 is 5.97 Å². The van der Waals surface area contributed by atoms with Gasteiger partial charge in [-0.05, 0) is 74.4 Å². The Morgan fingerprint density at radius 3 is 2.35 bits per heavy atom. The van der Waals surface area contributed by atoms with Gasteiger partial charge in [-0.2, -0.15) is 0 Å². The Bertz CT molecular complexity index is 1250. The first kappa shape index (κ1) is 25.0. The highest BCUT2D eigenvalue weighted by atomic mass is 32.2. The van der Waals surface area contributed by atoms with Crippen LogP contribution in [0.25, 0.3) is 5.57 Å². The zero-order chi connectivity index (χ0) is 24.7. The van der Waals surface area contributed by atoms with Crippen molar-refractivity contribution in [3.05, 3.63) is 90.3 Å². The average Bonchev–Trinajstić information content (AvgIpc) is 2.83. The number of anilines is 1. The second-order valence-electron chi connectivity index (χ2n) is 7.67. The van der Waals surface area contributed by atoms with Crippen molar-refractivity contribution in [3.63, 3.8) is 0 Å². The van der Waals surface area contributed by atoms with Crippen LogP contribution in [-0.2, 0) is 19.6 Å². The van der Waals surface area contributed by atoms with Crippen molar-refractivity contribution >= 4 is 27.3 Å². The van der Waals surface area contributed by atoms with E-state index in [1.165, 1.54) is 29.6 Å². The van der Waals surface area contributed by atoms with Crippen LogP contribution in [0.3, 0.4) is 0 Å². The summed E-state index contributed by atoms with van der Waals surface area (Å²) in [4.78, 5) is 16.6. The number of sulfonamides is 1. The molecule has 0 N–H and O–H groups in total. The van der Waals surface area contributed by atoms with Gasteiger partial charge in [0.15, 0.2) is 0 Å². The highest BCUT2D eigenvalue weighted by Gasteiger charge is 2.28. The molecule has 0 radical (unpaired) electrons. The summed E-state index contributed by atoms with van der Waals surface area (Å²) in [6.45, 7) is 5.60. The lowest BCUT2D eigenvalue weighted by Crippen LogP contribution is -2.37. The molecule has 0 unspecified atom stereocenters. The van der Waals surface area contributed by atoms with Gasteiger partial charge in [0, 0.05) is 30.1 Å². The van der Waals surface area contributed by atoms with Gasteiger partial charge in [0.2, 0.25) is 0 Å². The number of carbonyl (C=O) groups is 1. The molecule has 0 aliphatic heterocycles. The van der Waals surface area contributed by atoms with Crippen molar-refractivity contribution in [1.29, 1.82) is 0 Å². The predicted molar refractivity (Wildman–Crippen MR) is 132 cm³/mol. The third-order valence-corrected chi connectivity index (χ3v) is 7.04. The minimum atomic E-state index is -3.86. The van der Waals surface area contributed by atoms with Crippen LogP contribution in [0.4, 0.5) is 5.69 Å². The monoisotopic (exact) mass is 480 g/mol. The quantitative estimate of drug-likeness (QED) is 0.326. The normalized spacial score (nSPS) is 11.9. The number of benzene rings is 2. The summed E-state index contributed by atoms with van der Waals surface area (Å²) < 4.78 is 38.8.